The first-order chi connectivity index (χ1) is 15.4. The van der Waals surface area contributed by atoms with Crippen molar-refractivity contribution in [3.63, 3.8) is 0 Å². The van der Waals surface area contributed by atoms with E-state index in [9.17, 15) is 22.8 Å². The summed E-state index contributed by atoms with van der Waals surface area (Å²) in [6.45, 7) is 8.12. The van der Waals surface area contributed by atoms with Crippen LogP contribution in [0.25, 0.3) is 0 Å². The molecular formula is C24H29F3N4O2. The van der Waals surface area contributed by atoms with Gasteiger partial charge in [0.05, 0.1) is 5.56 Å². The van der Waals surface area contributed by atoms with E-state index < -0.39 is 17.6 Å². The van der Waals surface area contributed by atoms with Gasteiger partial charge < -0.3 is 10.6 Å². The molecule has 2 N–H and O–H groups in total. The van der Waals surface area contributed by atoms with E-state index in [1.54, 1.807) is 18.2 Å². The van der Waals surface area contributed by atoms with E-state index in [-0.39, 0.29) is 23.1 Å². The van der Waals surface area contributed by atoms with Crippen molar-refractivity contribution < 1.29 is 22.8 Å². The molecule has 0 aliphatic carbocycles. The largest absolute Gasteiger partial charge is 0.416 e. The Hall–Kier alpha value is -2.94. The Kier molecular flexibility index (Phi) is 7.41. The minimum atomic E-state index is -4.54. The van der Waals surface area contributed by atoms with Crippen LogP contribution >= 0.6 is 0 Å². The van der Waals surface area contributed by atoms with Crippen LogP contribution in [0.5, 0.6) is 0 Å². The van der Waals surface area contributed by atoms with Crippen LogP contribution in [0.3, 0.4) is 0 Å². The fraction of sp³-hybridized carbons (Fsp3) is 0.458. The monoisotopic (exact) mass is 462 g/mol. The summed E-state index contributed by atoms with van der Waals surface area (Å²) in [6.07, 6.45) is -2.02. The van der Waals surface area contributed by atoms with Crippen molar-refractivity contribution in [2.45, 2.75) is 51.9 Å². The molecule has 6 nitrogen and oxygen atoms in total. The molecule has 0 atom stereocenters. The smallest absolute Gasteiger partial charge is 0.351 e. The summed E-state index contributed by atoms with van der Waals surface area (Å²) in [5, 5.41) is 5.66. The molecule has 1 saturated heterocycles. The van der Waals surface area contributed by atoms with Gasteiger partial charge in [0.15, 0.2) is 0 Å². The molecule has 9 heteroatoms. The van der Waals surface area contributed by atoms with E-state index in [0.29, 0.717) is 12.2 Å². The van der Waals surface area contributed by atoms with Gasteiger partial charge in [0.2, 0.25) is 5.91 Å². The highest BCUT2D eigenvalue weighted by atomic mass is 19.4. The Labute approximate surface area is 191 Å². The molecule has 2 aromatic rings. The third kappa shape index (κ3) is 7.28. The van der Waals surface area contributed by atoms with Gasteiger partial charge in [0.25, 0.3) is 5.91 Å². The van der Waals surface area contributed by atoms with Gasteiger partial charge in [-0.05, 0) is 76.5 Å². The average molecular weight is 463 g/mol. The number of alkyl halides is 3. The molecule has 1 aromatic heterocycles. The number of pyridine rings is 1. The number of nitrogens with zero attached hydrogens (tertiary/aromatic N) is 2. The van der Waals surface area contributed by atoms with Crippen LogP contribution in [-0.2, 0) is 17.5 Å². The Morgan fingerprint density at radius 3 is 2.42 bits per heavy atom. The van der Waals surface area contributed by atoms with Crippen LogP contribution in [0, 0.1) is 5.92 Å². The second-order valence-electron chi connectivity index (χ2n) is 9.37. The number of anilines is 1. The number of halogens is 3. The Morgan fingerprint density at radius 2 is 1.79 bits per heavy atom. The van der Waals surface area contributed by atoms with E-state index in [1.807, 2.05) is 26.8 Å². The standard InChI is InChI=1S/C24H29F3N4O2/c1-23(2,3)30-21(32)17-8-11-31(12-9-17)15-16-5-4-6-19(13-16)29-22(33)20-14-18(7-10-28-20)24(25,26)27/h4-7,10,13-14,17H,8-9,11-12,15H2,1-3H3,(H,29,33)(H,30,32). The number of piperidine rings is 1. The predicted octanol–water partition coefficient (Wildman–Crippen LogP) is 4.48. The minimum absolute atomic E-state index is 0.00561. The van der Waals surface area contributed by atoms with Crippen molar-refractivity contribution in [1.82, 2.24) is 15.2 Å². The number of nitrogens with one attached hydrogen (secondary N) is 2. The Bertz CT molecular complexity index is 994. The highest BCUT2D eigenvalue weighted by molar-refractivity contribution is 6.03. The van der Waals surface area contributed by atoms with E-state index in [0.717, 1.165) is 49.8 Å². The lowest BCUT2D eigenvalue weighted by Gasteiger charge is -2.33. The van der Waals surface area contributed by atoms with Crippen LogP contribution in [0.1, 0.15) is 55.2 Å². The fourth-order valence-electron chi connectivity index (χ4n) is 3.76. The topological polar surface area (TPSA) is 74.3 Å². The highest BCUT2D eigenvalue weighted by Crippen LogP contribution is 2.29. The lowest BCUT2D eigenvalue weighted by atomic mass is 9.94. The molecule has 1 aliphatic heterocycles. The van der Waals surface area contributed by atoms with Crippen LogP contribution in [0.2, 0.25) is 0 Å². The predicted molar refractivity (Wildman–Crippen MR) is 120 cm³/mol. The van der Waals surface area contributed by atoms with Crippen molar-refractivity contribution in [1.29, 1.82) is 0 Å². The third-order valence-electron chi connectivity index (χ3n) is 5.37. The number of benzene rings is 1. The van der Waals surface area contributed by atoms with E-state index in [1.165, 1.54) is 0 Å². The third-order valence-corrected chi connectivity index (χ3v) is 5.37. The minimum Gasteiger partial charge on any atom is -0.351 e. The summed E-state index contributed by atoms with van der Waals surface area (Å²) in [6, 6.07) is 8.75. The first-order valence-electron chi connectivity index (χ1n) is 10.9. The van der Waals surface area contributed by atoms with Crippen LogP contribution in [0.15, 0.2) is 42.6 Å². The molecule has 3 rings (SSSR count). The number of aromatic nitrogens is 1. The second kappa shape index (κ2) is 9.91. The first kappa shape index (κ1) is 24.7. The van der Waals surface area contributed by atoms with Crippen molar-refractivity contribution in [3.05, 3.63) is 59.4 Å². The molecule has 0 unspecified atom stereocenters. The van der Waals surface area contributed by atoms with Gasteiger partial charge in [0.1, 0.15) is 5.69 Å². The number of carbonyl (C=O) groups is 2. The summed E-state index contributed by atoms with van der Waals surface area (Å²) in [5.41, 5.74) is -0.0248. The quantitative estimate of drug-likeness (QED) is 0.687. The summed E-state index contributed by atoms with van der Waals surface area (Å²) in [4.78, 5) is 30.8. The lowest BCUT2D eigenvalue weighted by molar-refractivity contribution is -0.137. The number of likely N-dealkylation sites (tertiary alicyclic amines) is 1. The summed E-state index contributed by atoms with van der Waals surface area (Å²) in [5.74, 6) is -0.606. The van der Waals surface area contributed by atoms with Crippen LogP contribution in [0.4, 0.5) is 18.9 Å². The van der Waals surface area contributed by atoms with Gasteiger partial charge in [-0.3, -0.25) is 19.5 Å². The molecule has 178 valence electrons. The zero-order valence-corrected chi connectivity index (χ0v) is 19.0. The van der Waals surface area contributed by atoms with Gasteiger partial charge in [-0.25, -0.2) is 0 Å². The number of carbonyl (C=O) groups excluding carboxylic acids is 2. The summed E-state index contributed by atoms with van der Waals surface area (Å²) < 4.78 is 38.7. The SMILES string of the molecule is CC(C)(C)NC(=O)C1CCN(Cc2cccc(NC(=O)c3cc(C(F)(F)F)ccn3)c2)CC1. The van der Waals surface area contributed by atoms with E-state index in [4.69, 9.17) is 0 Å². The number of hydrogen-bond donors (Lipinski definition) is 2. The maximum absolute atomic E-state index is 12.9. The maximum Gasteiger partial charge on any atom is 0.416 e. The van der Waals surface area contributed by atoms with Gasteiger partial charge in [0, 0.05) is 29.9 Å². The first-order valence-corrected chi connectivity index (χ1v) is 10.9. The van der Waals surface area contributed by atoms with Crippen molar-refractivity contribution >= 4 is 17.5 Å². The highest BCUT2D eigenvalue weighted by Gasteiger charge is 2.31. The van der Waals surface area contributed by atoms with Crippen LogP contribution in [-0.4, -0.2) is 40.3 Å². The van der Waals surface area contributed by atoms with Gasteiger partial charge >= 0.3 is 6.18 Å². The van der Waals surface area contributed by atoms with Gasteiger partial charge in [-0.1, -0.05) is 12.1 Å². The van der Waals surface area contributed by atoms with Gasteiger partial charge in [-0.15, -0.1) is 0 Å². The van der Waals surface area contributed by atoms with E-state index in [2.05, 4.69) is 20.5 Å². The number of hydrogen-bond acceptors (Lipinski definition) is 4. The Morgan fingerprint density at radius 1 is 1.09 bits per heavy atom. The molecule has 1 fully saturated rings. The molecule has 0 radical (unpaired) electrons. The molecule has 2 heterocycles. The molecule has 1 aliphatic rings. The van der Waals surface area contributed by atoms with E-state index >= 15 is 0 Å². The molecule has 0 saturated carbocycles. The summed E-state index contributed by atoms with van der Waals surface area (Å²) in [7, 11) is 0. The zero-order chi connectivity index (χ0) is 24.2. The molecular weight excluding hydrogens is 433 g/mol. The average Bonchev–Trinajstić information content (AvgIpc) is 2.73. The Balaban J connectivity index is 1.57. The number of rotatable bonds is 5. The maximum atomic E-state index is 12.9. The van der Waals surface area contributed by atoms with Gasteiger partial charge in [-0.2, -0.15) is 13.2 Å². The normalized spacial score (nSPS) is 15.8. The molecule has 33 heavy (non-hydrogen) atoms. The molecule has 0 bridgehead atoms. The summed E-state index contributed by atoms with van der Waals surface area (Å²) >= 11 is 0. The number of amides is 2. The lowest BCUT2D eigenvalue weighted by Crippen LogP contribution is -2.46. The fourth-order valence-corrected chi connectivity index (χ4v) is 3.76. The van der Waals surface area contributed by atoms with Crippen molar-refractivity contribution in [3.8, 4) is 0 Å². The molecule has 2 amide bonds. The van der Waals surface area contributed by atoms with Crippen molar-refractivity contribution in [2.75, 3.05) is 18.4 Å². The second-order valence-corrected chi connectivity index (χ2v) is 9.37. The van der Waals surface area contributed by atoms with Crippen LogP contribution < -0.4 is 10.6 Å². The zero-order valence-electron chi connectivity index (χ0n) is 19.0. The molecule has 0 spiro atoms. The van der Waals surface area contributed by atoms with Crippen molar-refractivity contribution in [2.24, 2.45) is 5.92 Å². The molecule has 1 aromatic carbocycles.